The zero-order valence-corrected chi connectivity index (χ0v) is 25.3. The second-order valence-electron chi connectivity index (χ2n) is 11.7. The number of amides is 2. The van der Waals surface area contributed by atoms with Gasteiger partial charge in [-0.05, 0) is 66.8 Å². The largest absolute Gasteiger partial charge is 0.465 e. The van der Waals surface area contributed by atoms with Gasteiger partial charge in [-0.15, -0.1) is 0 Å². The molecular weight excluding hydrogens is 544 g/mol. The third-order valence-electron chi connectivity index (χ3n) is 7.96. The van der Waals surface area contributed by atoms with E-state index in [9.17, 15) is 19.5 Å². The Balaban J connectivity index is 1.45. The summed E-state index contributed by atoms with van der Waals surface area (Å²) in [6.45, 7) is 11.3. The number of H-pyrrole nitrogens is 1. The standard InChI is InChI=1S/C33H40N6O4/c1-5-6-23-15-22(4)36-32(41)28(23)19-35-31(40)27-16-25(17-29-26(27)9-10-39(29)20-21(2)3)24-7-8-30(34-18-24)37-11-13-38(14-12-37)33(42)43/h7-10,15-18,21H,5-6,11-14,19-20H2,1-4H3,(H,35,40)(H,36,41)(H,42,43). The molecule has 0 unspecified atom stereocenters. The molecule has 3 N–H and O–H groups in total. The molecule has 0 bridgehead atoms. The summed E-state index contributed by atoms with van der Waals surface area (Å²) in [6.07, 6.45) is 4.61. The third kappa shape index (κ3) is 6.58. The number of pyridine rings is 2. The van der Waals surface area contributed by atoms with Gasteiger partial charge >= 0.3 is 6.09 Å². The normalized spacial score (nSPS) is 13.6. The molecule has 1 aromatic carbocycles. The van der Waals surface area contributed by atoms with Crippen molar-refractivity contribution in [2.75, 3.05) is 31.1 Å². The molecule has 4 heterocycles. The van der Waals surface area contributed by atoms with Crippen molar-refractivity contribution in [3.63, 3.8) is 0 Å². The molecule has 0 saturated carbocycles. The quantitative estimate of drug-likeness (QED) is 0.253. The number of aromatic nitrogens is 3. The highest BCUT2D eigenvalue weighted by molar-refractivity contribution is 6.08. The number of carboxylic acid groups (broad SMARTS) is 1. The van der Waals surface area contributed by atoms with E-state index >= 15 is 0 Å². The monoisotopic (exact) mass is 584 g/mol. The minimum Gasteiger partial charge on any atom is -0.465 e. The Morgan fingerprint density at radius 2 is 1.84 bits per heavy atom. The van der Waals surface area contributed by atoms with E-state index in [-0.39, 0.29) is 18.0 Å². The zero-order chi connectivity index (χ0) is 30.7. The van der Waals surface area contributed by atoms with E-state index < -0.39 is 6.09 Å². The third-order valence-corrected chi connectivity index (χ3v) is 7.96. The summed E-state index contributed by atoms with van der Waals surface area (Å²) in [4.78, 5) is 48.8. The maximum Gasteiger partial charge on any atom is 0.407 e. The SMILES string of the molecule is CCCc1cc(C)[nH]c(=O)c1CNC(=O)c1cc(-c2ccc(N3CCN(C(=O)O)CC3)nc2)cc2c1ccn2CC(C)C. The number of hydrogen-bond acceptors (Lipinski definition) is 5. The van der Waals surface area contributed by atoms with Gasteiger partial charge in [0.15, 0.2) is 0 Å². The maximum atomic E-state index is 13.7. The summed E-state index contributed by atoms with van der Waals surface area (Å²) in [6, 6.07) is 11.9. The van der Waals surface area contributed by atoms with Gasteiger partial charge < -0.3 is 29.8 Å². The number of rotatable bonds is 9. The molecule has 1 fully saturated rings. The van der Waals surface area contributed by atoms with Crippen molar-refractivity contribution in [2.24, 2.45) is 5.92 Å². The summed E-state index contributed by atoms with van der Waals surface area (Å²) in [5.74, 6) is 0.976. The van der Waals surface area contributed by atoms with Gasteiger partial charge in [0, 0.05) is 84.9 Å². The van der Waals surface area contributed by atoms with Gasteiger partial charge in [0.2, 0.25) is 0 Å². The number of carbonyl (C=O) groups is 2. The molecule has 2 amide bonds. The van der Waals surface area contributed by atoms with E-state index in [1.807, 2.05) is 43.5 Å². The highest BCUT2D eigenvalue weighted by Crippen LogP contribution is 2.30. The molecule has 1 saturated heterocycles. The Labute approximate surface area is 251 Å². The summed E-state index contributed by atoms with van der Waals surface area (Å²) in [5, 5.41) is 13.1. The molecule has 10 nitrogen and oxygen atoms in total. The van der Waals surface area contributed by atoms with E-state index in [1.165, 1.54) is 4.90 Å². The average molecular weight is 585 g/mol. The predicted molar refractivity (Wildman–Crippen MR) is 169 cm³/mol. The summed E-state index contributed by atoms with van der Waals surface area (Å²) in [5.41, 5.74) is 5.45. The Kier molecular flexibility index (Phi) is 8.84. The molecule has 0 aliphatic carbocycles. The summed E-state index contributed by atoms with van der Waals surface area (Å²) in [7, 11) is 0. The van der Waals surface area contributed by atoms with E-state index in [1.54, 1.807) is 6.20 Å². The molecule has 1 aliphatic rings. The number of nitrogens with zero attached hydrogens (tertiary/aromatic N) is 4. The highest BCUT2D eigenvalue weighted by Gasteiger charge is 2.22. The van der Waals surface area contributed by atoms with Gasteiger partial charge in [0.1, 0.15) is 5.82 Å². The van der Waals surface area contributed by atoms with Crippen molar-refractivity contribution < 1.29 is 14.7 Å². The van der Waals surface area contributed by atoms with Crippen molar-refractivity contribution in [2.45, 2.75) is 53.6 Å². The van der Waals surface area contributed by atoms with Crippen LogP contribution >= 0.6 is 0 Å². The first-order valence-electron chi connectivity index (χ1n) is 15.0. The number of fused-ring (bicyclic) bond motifs is 1. The smallest absolute Gasteiger partial charge is 0.407 e. The Morgan fingerprint density at radius 1 is 1.07 bits per heavy atom. The van der Waals surface area contributed by atoms with Crippen LogP contribution in [0.25, 0.3) is 22.0 Å². The molecular formula is C33H40N6O4. The minimum absolute atomic E-state index is 0.146. The van der Waals surface area contributed by atoms with Crippen LogP contribution in [-0.4, -0.2) is 62.7 Å². The topological polar surface area (TPSA) is 124 Å². The van der Waals surface area contributed by atoms with Crippen LogP contribution in [0.2, 0.25) is 0 Å². The van der Waals surface area contributed by atoms with Crippen molar-refractivity contribution in [1.29, 1.82) is 0 Å². The van der Waals surface area contributed by atoms with Crippen LogP contribution in [0.5, 0.6) is 0 Å². The lowest BCUT2D eigenvalue weighted by atomic mass is 10.00. The van der Waals surface area contributed by atoms with Gasteiger partial charge in [-0.1, -0.05) is 27.2 Å². The van der Waals surface area contributed by atoms with E-state index in [2.05, 4.69) is 46.6 Å². The molecule has 4 aromatic rings. The lowest BCUT2D eigenvalue weighted by molar-refractivity contribution is 0.0952. The van der Waals surface area contributed by atoms with Gasteiger partial charge in [-0.25, -0.2) is 9.78 Å². The molecule has 0 radical (unpaired) electrons. The molecule has 10 heteroatoms. The number of aryl methyl sites for hydroxylation is 2. The highest BCUT2D eigenvalue weighted by atomic mass is 16.4. The molecule has 0 atom stereocenters. The van der Waals surface area contributed by atoms with E-state index in [4.69, 9.17) is 4.98 Å². The number of benzene rings is 1. The van der Waals surface area contributed by atoms with Crippen LogP contribution in [-0.2, 0) is 19.5 Å². The first kappa shape index (κ1) is 29.9. The summed E-state index contributed by atoms with van der Waals surface area (Å²) >= 11 is 0. The average Bonchev–Trinajstić information content (AvgIpc) is 3.38. The van der Waals surface area contributed by atoms with Crippen LogP contribution in [0.4, 0.5) is 10.6 Å². The first-order valence-corrected chi connectivity index (χ1v) is 15.0. The fraction of sp³-hybridized carbons (Fsp3) is 0.394. The fourth-order valence-electron chi connectivity index (χ4n) is 5.81. The molecule has 43 heavy (non-hydrogen) atoms. The number of carbonyl (C=O) groups excluding carboxylic acids is 1. The summed E-state index contributed by atoms with van der Waals surface area (Å²) < 4.78 is 2.17. The fourth-order valence-corrected chi connectivity index (χ4v) is 5.81. The first-order chi connectivity index (χ1) is 20.6. The lowest BCUT2D eigenvalue weighted by Gasteiger charge is -2.33. The molecule has 1 aliphatic heterocycles. The van der Waals surface area contributed by atoms with Gasteiger partial charge in [-0.2, -0.15) is 0 Å². The van der Waals surface area contributed by atoms with Crippen LogP contribution in [0, 0.1) is 12.8 Å². The van der Waals surface area contributed by atoms with Crippen LogP contribution < -0.4 is 15.8 Å². The Morgan fingerprint density at radius 3 is 2.49 bits per heavy atom. The van der Waals surface area contributed by atoms with E-state index in [0.717, 1.165) is 58.5 Å². The van der Waals surface area contributed by atoms with E-state index in [0.29, 0.717) is 43.2 Å². The second-order valence-corrected chi connectivity index (χ2v) is 11.7. The number of aromatic amines is 1. The minimum atomic E-state index is -0.896. The predicted octanol–water partition coefficient (Wildman–Crippen LogP) is 5.04. The van der Waals surface area contributed by atoms with Crippen LogP contribution in [0.3, 0.4) is 0 Å². The van der Waals surface area contributed by atoms with Crippen molar-refractivity contribution >= 4 is 28.7 Å². The number of nitrogens with one attached hydrogen (secondary N) is 2. The van der Waals surface area contributed by atoms with Crippen molar-refractivity contribution in [3.05, 3.63) is 81.5 Å². The van der Waals surface area contributed by atoms with Gasteiger partial charge in [0.05, 0.1) is 0 Å². The zero-order valence-electron chi connectivity index (χ0n) is 25.3. The lowest BCUT2D eigenvalue weighted by Crippen LogP contribution is -2.48. The number of piperazine rings is 1. The maximum absolute atomic E-state index is 13.7. The van der Waals surface area contributed by atoms with Gasteiger partial charge in [0.25, 0.3) is 11.5 Å². The molecule has 3 aromatic heterocycles. The van der Waals surface area contributed by atoms with Crippen molar-refractivity contribution in [1.82, 2.24) is 24.8 Å². The number of hydrogen-bond donors (Lipinski definition) is 3. The van der Waals surface area contributed by atoms with Crippen LogP contribution in [0.1, 0.15) is 54.4 Å². The van der Waals surface area contributed by atoms with Crippen LogP contribution in [0.15, 0.2) is 53.6 Å². The second kappa shape index (κ2) is 12.7. The number of anilines is 1. The van der Waals surface area contributed by atoms with Crippen molar-refractivity contribution in [3.8, 4) is 11.1 Å². The molecule has 5 rings (SSSR count). The Hall–Kier alpha value is -4.60. The van der Waals surface area contributed by atoms with Gasteiger partial charge in [-0.3, -0.25) is 9.59 Å². The molecule has 0 spiro atoms. The molecule has 226 valence electrons. The Bertz CT molecular complexity index is 1680.